The molecular weight excluding hydrogens is 970 g/mol. The molecule has 20 heteroatoms. The Morgan fingerprint density at radius 2 is 1.58 bits per heavy atom. The first-order chi connectivity index (χ1) is 35.5. The van der Waals surface area contributed by atoms with Gasteiger partial charge in [0.25, 0.3) is 5.82 Å². The average molecular weight is 1030 g/mol. The number of carbonyl (C=O) groups excluding carboxylic acids is 3. The summed E-state index contributed by atoms with van der Waals surface area (Å²) in [6.45, 7) is 13.3. The lowest BCUT2D eigenvalue weighted by atomic mass is 9.85. The van der Waals surface area contributed by atoms with Gasteiger partial charge in [-0.25, -0.2) is 9.97 Å². The fraction of sp³-hybridized carbons (Fsp3) is 0.481. The van der Waals surface area contributed by atoms with Crippen LogP contribution in [0.15, 0.2) is 77.5 Å². The summed E-state index contributed by atoms with van der Waals surface area (Å²) >= 11 is 1.58. The number of hydrogen-bond acceptors (Lipinski definition) is 13. The van der Waals surface area contributed by atoms with Crippen molar-refractivity contribution in [2.75, 3.05) is 57.3 Å². The number of alkyl halides is 3. The minimum Gasteiger partial charge on any atom is -0.391 e. The maximum Gasteiger partial charge on any atom is 0.453 e. The molecule has 3 N–H and O–H groups in total. The van der Waals surface area contributed by atoms with Crippen LogP contribution in [-0.4, -0.2) is 139 Å². The first-order valence-electron chi connectivity index (χ1n) is 25.4. The highest BCUT2D eigenvalue weighted by Crippen LogP contribution is 2.33. The molecule has 16 nitrogen and oxygen atoms in total. The number of piperazine rings is 1. The summed E-state index contributed by atoms with van der Waals surface area (Å²) in [4.78, 5) is 59.2. The minimum absolute atomic E-state index is 0.0147. The van der Waals surface area contributed by atoms with Crippen LogP contribution in [0.1, 0.15) is 105 Å². The number of nitrogens with one attached hydrogen (secondary N) is 2. The van der Waals surface area contributed by atoms with Crippen LogP contribution in [0.2, 0.25) is 0 Å². The molecule has 3 amide bonds. The van der Waals surface area contributed by atoms with Gasteiger partial charge >= 0.3 is 6.18 Å². The maximum atomic E-state index is 14.1. The molecule has 390 valence electrons. The van der Waals surface area contributed by atoms with Gasteiger partial charge in [0.1, 0.15) is 23.7 Å². The number of aromatic nitrogens is 5. The second kappa shape index (κ2) is 22.4. The number of anilines is 1. The van der Waals surface area contributed by atoms with E-state index in [0.29, 0.717) is 44.1 Å². The van der Waals surface area contributed by atoms with Crippen LogP contribution in [0.5, 0.6) is 0 Å². The Bertz CT molecular complexity index is 2870. The number of benzene rings is 2. The predicted octanol–water partition coefficient (Wildman–Crippen LogP) is 6.22. The molecule has 3 fully saturated rings. The Balaban J connectivity index is 0.688. The van der Waals surface area contributed by atoms with E-state index in [4.69, 9.17) is 4.98 Å². The monoisotopic (exact) mass is 1030 g/mol. The first-order valence-corrected chi connectivity index (χ1v) is 26.3. The van der Waals surface area contributed by atoms with E-state index in [1.165, 1.54) is 10.5 Å². The molecular formula is C54H63F3N12O4S. The number of piperidine rings is 1. The molecule has 0 aliphatic carbocycles. The molecule has 0 bridgehead atoms. The fourth-order valence-corrected chi connectivity index (χ4v) is 11.0. The summed E-state index contributed by atoms with van der Waals surface area (Å²) in [6, 6.07) is 18.4. The Morgan fingerprint density at radius 3 is 2.24 bits per heavy atom. The standard InChI is InChI=1S/C54H63F3N12O4S/c1-35-48(74-34-60-35)41-16-11-38(12-17-41)32-59-50(72)43-30-42(70)33-68(43)51(73)49(53(2,3)4)61-47(71)6-5-23-65-26-28-67(29-27-65)44-18-13-37(31-58-44)8-7-36-9-14-39(15-10-36)40-21-24-66(25-22-40)46-20-19-45-62-63-52(54(55,56)57)69(45)64-46/h9-18,31,34,40,42-43,49,70H,5-6,19-30,32-33H2,1-4H3,(H,59,72)(H,61,71)/t42-,43-,49+/m0/s1. The number of hydrogen-bond donors (Lipinski definition) is 3. The number of thiazole rings is 1. The van der Waals surface area contributed by atoms with Crippen molar-refractivity contribution < 1.29 is 32.7 Å². The summed E-state index contributed by atoms with van der Waals surface area (Å²) in [6.07, 6.45) is -0.0432. The fourth-order valence-electron chi connectivity index (χ4n) is 10.1. The van der Waals surface area contributed by atoms with E-state index in [1.54, 1.807) is 17.5 Å². The molecule has 0 saturated carbocycles. The molecule has 3 saturated heterocycles. The van der Waals surface area contributed by atoms with Crippen molar-refractivity contribution in [3.63, 3.8) is 0 Å². The Morgan fingerprint density at radius 1 is 0.865 bits per heavy atom. The number of amidine groups is 1. The molecule has 0 unspecified atom stereocenters. The Hall–Kier alpha value is -6.69. The van der Waals surface area contributed by atoms with E-state index >= 15 is 0 Å². The second-order valence-corrected chi connectivity index (χ2v) is 21.5. The van der Waals surface area contributed by atoms with Crippen molar-refractivity contribution in [3.05, 3.63) is 112 Å². The molecule has 5 aromatic rings. The largest absolute Gasteiger partial charge is 0.453 e. The number of aliphatic hydroxyl groups excluding tert-OH is 1. The summed E-state index contributed by atoms with van der Waals surface area (Å²) in [7, 11) is 0. The van der Waals surface area contributed by atoms with Crippen molar-refractivity contribution >= 4 is 40.7 Å². The van der Waals surface area contributed by atoms with Gasteiger partial charge < -0.3 is 30.4 Å². The van der Waals surface area contributed by atoms with E-state index in [0.717, 1.165) is 88.9 Å². The van der Waals surface area contributed by atoms with Crippen LogP contribution in [0.3, 0.4) is 0 Å². The zero-order valence-corrected chi connectivity index (χ0v) is 43.1. The predicted molar refractivity (Wildman–Crippen MR) is 276 cm³/mol. The van der Waals surface area contributed by atoms with E-state index in [2.05, 4.69) is 69.6 Å². The van der Waals surface area contributed by atoms with Gasteiger partial charge in [-0.2, -0.15) is 22.9 Å². The molecule has 4 aliphatic rings. The van der Waals surface area contributed by atoms with Gasteiger partial charge in [0.05, 0.1) is 22.2 Å². The Labute approximate surface area is 433 Å². The molecule has 74 heavy (non-hydrogen) atoms. The van der Waals surface area contributed by atoms with E-state index in [1.807, 2.05) is 81.7 Å². The third kappa shape index (κ3) is 12.4. The number of carbonyl (C=O) groups is 3. The number of β-amino-alcohol motifs (C(OH)–C–C–N with tert-alkyl or cyclic N) is 1. The lowest BCUT2D eigenvalue weighted by Gasteiger charge is -2.36. The van der Waals surface area contributed by atoms with Crippen LogP contribution in [0.4, 0.5) is 19.0 Å². The number of amides is 3. The third-order valence-electron chi connectivity index (χ3n) is 14.4. The van der Waals surface area contributed by atoms with Crippen LogP contribution >= 0.6 is 11.3 Å². The van der Waals surface area contributed by atoms with E-state index in [9.17, 15) is 32.7 Å². The van der Waals surface area contributed by atoms with Gasteiger partial charge in [0.15, 0.2) is 5.82 Å². The lowest BCUT2D eigenvalue weighted by Crippen LogP contribution is -2.57. The molecule has 3 aromatic heterocycles. The summed E-state index contributed by atoms with van der Waals surface area (Å²) in [5.74, 6) is 6.54. The molecule has 0 radical (unpaired) electrons. The molecule has 9 rings (SSSR count). The smallest absolute Gasteiger partial charge is 0.391 e. The first kappa shape index (κ1) is 52.2. The van der Waals surface area contributed by atoms with E-state index in [-0.39, 0.29) is 49.5 Å². The SMILES string of the molecule is Cc1ncsc1-c1ccc(CNC(=O)[C@@H]2C[C@H](O)CN2C(=O)[C@@H](NC(=O)CCCN2CCN(c3ccc(C#Cc4ccc(C5CCN(C6=Nn7c(nnc7C(F)(F)F)CC6)CC5)cc4)cn3)CC2)C(C)(C)C)cc1. The topological polar surface area (TPSA) is 177 Å². The highest BCUT2D eigenvalue weighted by molar-refractivity contribution is 7.13. The molecule has 0 spiro atoms. The number of pyridine rings is 1. The number of fused-ring (bicyclic) bond motifs is 1. The summed E-state index contributed by atoms with van der Waals surface area (Å²) in [5.41, 5.74) is 7.02. The quantitative estimate of drug-likeness (QED) is 0.121. The summed E-state index contributed by atoms with van der Waals surface area (Å²) in [5, 5.41) is 27.9. The maximum absolute atomic E-state index is 14.1. The minimum atomic E-state index is -4.61. The van der Waals surface area contributed by atoms with Gasteiger partial charge in [0.2, 0.25) is 17.7 Å². The average Bonchev–Trinajstić information content (AvgIpc) is 4.15. The molecule has 3 atom stereocenters. The number of likely N-dealkylation sites (tertiary alicyclic amines) is 2. The van der Waals surface area contributed by atoms with Crippen LogP contribution < -0.4 is 15.5 Å². The second-order valence-electron chi connectivity index (χ2n) is 20.7. The number of aryl methyl sites for hydroxylation is 2. The highest BCUT2D eigenvalue weighted by Gasteiger charge is 2.45. The van der Waals surface area contributed by atoms with Crippen LogP contribution in [0.25, 0.3) is 10.4 Å². The van der Waals surface area contributed by atoms with Crippen LogP contribution in [0, 0.1) is 24.2 Å². The van der Waals surface area contributed by atoms with Crippen molar-refractivity contribution in [1.29, 1.82) is 0 Å². The number of nitrogens with zero attached hydrogens (tertiary/aromatic N) is 10. The number of halogens is 3. The molecule has 2 aromatic carbocycles. The van der Waals surface area contributed by atoms with E-state index < -0.39 is 35.6 Å². The van der Waals surface area contributed by atoms with Crippen molar-refractivity contribution in [3.8, 4) is 22.3 Å². The summed E-state index contributed by atoms with van der Waals surface area (Å²) < 4.78 is 41.1. The lowest BCUT2D eigenvalue weighted by molar-refractivity contribution is -0.147. The van der Waals surface area contributed by atoms with Crippen molar-refractivity contribution in [2.45, 2.75) is 109 Å². The molecule has 7 heterocycles. The third-order valence-corrected chi connectivity index (χ3v) is 15.4. The zero-order valence-electron chi connectivity index (χ0n) is 42.2. The van der Waals surface area contributed by atoms with Crippen LogP contribution in [-0.2, 0) is 33.5 Å². The van der Waals surface area contributed by atoms with Gasteiger partial charge in [-0.3, -0.25) is 19.3 Å². The molecule has 4 aliphatic heterocycles. The van der Waals surface area contributed by atoms with Gasteiger partial charge in [-0.1, -0.05) is 69.0 Å². The number of rotatable bonds is 12. The highest BCUT2D eigenvalue weighted by atomic mass is 32.1. The van der Waals surface area contributed by atoms with Crippen molar-refractivity contribution in [2.24, 2.45) is 10.5 Å². The zero-order chi connectivity index (χ0) is 52.1. The number of aliphatic hydroxyl groups is 1. The van der Waals surface area contributed by atoms with Gasteiger partial charge in [-0.05, 0) is 85.0 Å². The van der Waals surface area contributed by atoms with Crippen molar-refractivity contribution in [1.82, 2.24) is 50.2 Å². The van der Waals surface area contributed by atoms with Gasteiger partial charge in [-0.15, -0.1) is 21.5 Å². The Kier molecular flexibility index (Phi) is 15.8. The van der Waals surface area contributed by atoms with Gasteiger partial charge in [0, 0.05) is 95.4 Å². The normalized spacial score (nSPS) is 19.1.